The molecule has 0 saturated heterocycles. The number of hydrogen-bond acceptors (Lipinski definition) is 4. The van der Waals surface area contributed by atoms with E-state index in [9.17, 15) is 14.4 Å². The first-order valence-electron chi connectivity index (χ1n) is 9.74. The number of hydrogen-bond donors (Lipinski definition) is 2. The maximum atomic E-state index is 13.2. The third-order valence-electron chi connectivity index (χ3n) is 5.16. The normalized spacial score (nSPS) is 17.0. The first-order chi connectivity index (χ1) is 14.3. The molecule has 0 aromatic heterocycles. The van der Waals surface area contributed by atoms with Gasteiger partial charge in [-0.25, -0.2) is 0 Å². The predicted molar refractivity (Wildman–Crippen MR) is 119 cm³/mol. The van der Waals surface area contributed by atoms with Crippen LogP contribution in [0.1, 0.15) is 20.3 Å². The molecule has 30 heavy (non-hydrogen) atoms. The molecule has 158 valence electrons. The molecular formula is C22H25ClN4O3. The first-order valence-corrected chi connectivity index (χ1v) is 10.1. The van der Waals surface area contributed by atoms with E-state index in [0.717, 1.165) is 0 Å². The van der Waals surface area contributed by atoms with Gasteiger partial charge in [0.15, 0.2) is 0 Å². The molecule has 1 aliphatic heterocycles. The maximum Gasteiger partial charge on any atom is 0.241 e. The highest BCUT2D eigenvalue weighted by molar-refractivity contribution is 6.30. The van der Waals surface area contributed by atoms with E-state index in [1.807, 2.05) is 25.1 Å². The molecule has 2 atom stereocenters. The molecule has 1 aliphatic rings. The van der Waals surface area contributed by atoms with E-state index in [1.54, 1.807) is 54.1 Å². The van der Waals surface area contributed by atoms with Crippen LogP contribution >= 0.6 is 11.6 Å². The largest absolute Gasteiger partial charge is 0.325 e. The van der Waals surface area contributed by atoms with Crippen molar-refractivity contribution in [2.75, 3.05) is 29.1 Å². The van der Waals surface area contributed by atoms with Gasteiger partial charge in [-0.05, 0) is 57.3 Å². The van der Waals surface area contributed by atoms with Crippen LogP contribution in [0, 0.1) is 0 Å². The smallest absolute Gasteiger partial charge is 0.241 e. The van der Waals surface area contributed by atoms with Crippen molar-refractivity contribution < 1.29 is 14.4 Å². The number of nitrogens with zero attached hydrogens (tertiary/aromatic N) is 2. The van der Waals surface area contributed by atoms with Gasteiger partial charge in [-0.3, -0.25) is 19.3 Å². The Hall–Kier alpha value is -2.90. The minimum atomic E-state index is -0.540. The van der Waals surface area contributed by atoms with Gasteiger partial charge in [0.2, 0.25) is 17.7 Å². The van der Waals surface area contributed by atoms with Gasteiger partial charge in [-0.1, -0.05) is 23.7 Å². The molecule has 1 heterocycles. The Morgan fingerprint density at radius 2 is 1.90 bits per heavy atom. The third-order valence-corrected chi connectivity index (χ3v) is 5.42. The van der Waals surface area contributed by atoms with E-state index in [-0.39, 0.29) is 36.7 Å². The number of likely N-dealkylation sites (N-methyl/N-ethyl adjacent to an activating group) is 1. The van der Waals surface area contributed by atoms with Crippen LogP contribution in [0.4, 0.5) is 17.1 Å². The summed E-state index contributed by atoms with van der Waals surface area (Å²) in [6, 6.07) is 13.2. The number of rotatable bonds is 5. The Kier molecular flexibility index (Phi) is 6.74. The molecule has 0 bridgehead atoms. The lowest BCUT2D eigenvalue weighted by molar-refractivity contribution is -0.123. The quantitative estimate of drug-likeness (QED) is 0.765. The van der Waals surface area contributed by atoms with Crippen molar-refractivity contribution in [2.45, 2.75) is 32.4 Å². The van der Waals surface area contributed by atoms with Crippen molar-refractivity contribution in [3.8, 4) is 0 Å². The highest BCUT2D eigenvalue weighted by Gasteiger charge is 2.31. The van der Waals surface area contributed by atoms with Crippen molar-refractivity contribution in [3.63, 3.8) is 0 Å². The number of nitrogens with one attached hydrogen (secondary N) is 2. The molecule has 3 rings (SSSR count). The average Bonchev–Trinajstić information content (AvgIpc) is 2.83. The zero-order valence-electron chi connectivity index (χ0n) is 17.2. The summed E-state index contributed by atoms with van der Waals surface area (Å²) in [6.07, 6.45) is 0.205. The number of carbonyl (C=O) groups excluding carboxylic acids is 3. The molecule has 0 fully saturated rings. The second kappa shape index (κ2) is 9.28. The zero-order chi connectivity index (χ0) is 21.8. The van der Waals surface area contributed by atoms with E-state index >= 15 is 0 Å². The lowest BCUT2D eigenvalue weighted by Gasteiger charge is -2.31. The summed E-state index contributed by atoms with van der Waals surface area (Å²) in [5, 5.41) is 6.25. The van der Waals surface area contributed by atoms with Crippen molar-refractivity contribution in [3.05, 3.63) is 53.6 Å². The van der Waals surface area contributed by atoms with Gasteiger partial charge in [0.1, 0.15) is 0 Å². The highest BCUT2D eigenvalue weighted by atomic mass is 35.5. The van der Waals surface area contributed by atoms with Crippen molar-refractivity contribution in [1.82, 2.24) is 4.90 Å². The van der Waals surface area contributed by atoms with Gasteiger partial charge in [-0.2, -0.15) is 0 Å². The van der Waals surface area contributed by atoms with E-state index in [4.69, 9.17) is 11.6 Å². The zero-order valence-corrected chi connectivity index (χ0v) is 17.9. The molecule has 7 nitrogen and oxygen atoms in total. The van der Waals surface area contributed by atoms with Crippen LogP contribution < -0.4 is 15.5 Å². The van der Waals surface area contributed by atoms with Gasteiger partial charge in [0.05, 0.1) is 24.0 Å². The van der Waals surface area contributed by atoms with Crippen LogP contribution in [0.5, 0.6) is 0 Å². The van der Waals surface area contributed by atoms with Crippen LogP contribution in [-0.2, 0) is 14.4 Å². The van der Waals surface area contributed by atoms with Crippen LogP contribution in [0.25, 0.3) is 0 Å². The number of benzene rings is 2. The number of halogens is 1. The van der Waals surface area contributed by atoms with Crippen molar-refractivity contribution in [2.24, 2.45) is 0 Å². The fourth-order valence-corrected chi connectivity index (χ4v) is 3.50. The van der Waals surface area contributed by atoms with Gasteiger partial charge in [-0.15, -0.1) is 0 Å². The third kappa shape index (κ3) is 4.98. The van der Waals surface area contributed by atoms with Gasteiger partial charge < -0.3 is 15.5 Å². The second-order valence-electron chi connectivity index (χ2n) is 7.47. The number of para-hydroxylation sites is 2. The van der Waals surface area contributed by atoms with E-state index in [2.05, 4.69) is 10.6 Å². The second-order valence-corrected chi connectivity index (χ2v) is 7.91. The Balaban J connectivity index is 1.70. The Bertz CT molecular complexity index is 948. The SMILES string of the molecule is C[C@H](C(=O)Nc1ccc(Cl)cc1)N(C)CC(=O)N1c2ccccc2NC(=O)C[C@@H]1C. The maximum absolute atomic E-state index is 13.2. The minimum Gasteiger partial charge on any atom is -0.325 e. The van der Waals surface area contributed by atoms with Crippen LogP contribution in [0.3, 0.4) is 0 Å². The summed E-state index contributed by atoms with van der Waals surface area (Å²) < 4.78 is 0. The summed E-state index contributed by atoms with van der Waals surface area (Å²) in [4.78, 5) is 41.2. The summed E-state index contributed by atoms with van der Waals surface area (Å²) in [6.45, 7) is 3.61. The molecular weight excluding hydrogens is 404 g/mol. The van der Waals surface area contributed by atoms with E-state index in [1.165, 1.54) is 0 Å². The molecule has 0 unspecified atom stereocenters. The Morgan fingerprint density at radius 1 is 1.23 bits per heavy atom. The lowest BCUT2D eigenvalue weighted by Crippen LogP contribution is -2.48. The van der Waals surface area contributed by atoms with Crippen LogP contribution in [0.2, 0.25) is 5.02 Å². The van der Waals surface area contributed by atoms with E-state index < -0.39 is 6.04 Å². The summed E-state index contributed by atoms with van der Waals surface area (Å²) in [5.74, 6) is -0.539. The highest BCUT2D eigenvalue weighted by Crippen LogP contribution is 2.31. The number of fused-ring (bicyclic) bond motifs is 1. The van der Waals surface area contributed by atoms with Crippen LogP contribution in [-0.4, -0.2) is 48.3 Å². The fourth-order valence-electron chi connectivity index (χ4n) is 3.37. The summed E-state index contributed by atoms with van der Waals surface area (Å²) in [7, 11) is 1.72. The van der Waals surface area contributed by atoms with Gasteiger partial charge in [0, 0.05) is 23.2 Å². The number of carbonyl (C=O) groups is 3. The minimum absolute atomic E-state index is 0.0298. The standard InChI is InChI=1S/C22H25ClN4O3/c1-14-12-20(28)25-18-6-4-5-7-19(18)27(14)21(29)13-26(3)15(2)22(30)24-17-10-8-16(23)9-11-17/h4-11,14-15H,12-13H2,1-3H3,(H,24,30)(H,25,28)/t14-,15+/m0/s1. The molecule has 0 aliphatic carbocycles. The van der Waals surface area contributed by atoms with Crippen molar-refractivity contribution in [1.29, 1.82) is 0 Å². The Morgan fingerprint density at radius 3 is 2.60 bits per heavy atom. The molecule has 0 spiro atoms. The molecule has 0 saturated carbocycles. The molecule has 2 aromatic carbocycles. The topological polar surface area (TPSA) is 81.8 Å². The predicted octanol–water partition coefficient (Wildman–Crippen LogP) is 3.36. The van der Waals surface area contributed by atoms with E-state index in [0.29, 0.717) is 22.1 Å². The molecule has 3 amide bonds. The van der Waals surface area contributed by atoms with Crippen LogP contribution in [0.15, 0.2) is 48.5 Å². The van der Waals surface area contributed by atoms with Gasteiger partial charge in [0.25, 0.3) is 0 Å². The van der Waals surface area contributed by atoms with Gasteiger partial charge >= 0.3 is 0 Å². The van der Waals surface area contributed by atoms with Crippen molar-refractivity contribution >= 4 is 46.4 Å². The fraction of sp³-hybridized carbons (Fsp3) is 0.318. The molecule has 8 heteroatoms. The molecule has 0 radical (unpaired) electrons. The summed E-state index contributed by atoms with van der Waals surface area (Å²) >= 11 is 5.87. The number of amides is 3. The summed E-state index contributed by atoms with van der Waals surface area (Å²) in [5.41, 5.74) is 1.90. The molecule has 2 N–H and O–H groups in total. The lowest BCUT2D eigenvalue weighted by atomic mass is 10.1. The Labute approximate surface area is 181 Å². The number of anilines is 3. The monoisotopic (exact) mass is 428 g/mol. The molecule has 2 aromatic rings. The first kappa shape index (κ1) is 21.8. The average molecular weight is 429 g/mol.